The summed E-state index contributed by atoms with van der Waals surface area (Å²) in [4.78, 5) is 32.9. The Morgan fingerprint density at radius 1 is 1.25 bits per heavy atom. The van der Waals surface area contributed by atoms with Crippen LogP contribution >= 0.6 is 0 Å². The highest BCUT2D eigenvalue weighted by molar-refractivity contribution is 5.82. The monoisotopic (exact) mass is 293 g/mol. The molecule has 5 N–H and O–H groups in total. The van der Waals surface area contributed by atoms with Crippen LogP contribution in [0.1, 0.15) is 13.3 Å². The number of carbonyl (C=O) groups is 3. The van der Waals surface area contributed by atoms with Gasteiger partial charge in [-0.15, -0.1) is 0 Å². The third kappa shape index (κ3) is 6.06. The number of aliphatic hydroxyl groups excluding tert-OH is 4. The van der Waals surface area contributed by atoms with Crippen molar-refractivity contribution >= 4 is 18.2 Å². The number of amides is 1. The van der Waals surface area contributed by atoms with Gasteiger partial charge in [-0.2, -0.15) is 0 Å². The average Bonchev–Trinajstić information content (AvgIpc) is 2.47. The summed E-state index contributed by atoms with van der Waals surface area (Å²) in [6, 6.07) is 0. The van der Waals surface area contributed by atoms with Crippen LogP contribution in [-0.4, -0.2) is 76.2 Å². The molecule has 0 saturated carbocycles. The molecule has 0 rings (SSSR count). The van der Waals surface area contributed by atoms with Crippen molar-refractivity contribution in [2.24, 2.45) is 0 Å². The van der Waals surface area contributed by atoms with Crippen molar-refractivity contribution in [3.63, 3.8) is 0 Å². The number of hydrogen-bond donors (Lipinski definition) is 5. The van der Waals surface area contributed by atoms with Crippen molar-refractivity contribution in [2.75, 3.05) is 13.2 Å². The standard InChI is InChI=1S/C11H19NO8/c1-2-8(16)12-3-9(17)20-7(5-14)11(19)10(18)6(15)4-13/h5-7,10-11,13,15,18-19H,2-4H2,1H3,(H,12,16)/t6-,7+,10-,11-/m1/s1. The highest BCUT2D eigenvalue weighted by Gasteiger charge is 2.33. The SMILES string of the molecule is CCC(=O)NCC(=O)O[C@@H](C=O)[C@@H](O)[C@H](O)[C@H](O)CO. The van der Waals surface area contributed by atoms with Crippen molar-refractivity contribution in [3.8, 4) is 0 Å². The van der Waals surface area contributed by atoms with Crippen LogP contribution in [0, 0.1) is 0 Å². The van der Waals surface area contributed by atoms with Gasteiger partial charge in [0.05, 0.1) is 6.61 Å². The van der Waals surface area contributed by atoms with Gasteiger partial charge in [-0.25, -0.2) is 0 Å². The predicted molar refractivity (Wildman–Crippen MR) is 64.4 cm³/mol. The van der Waals surface area contributed by atoms with Crippen LogP contribution in [0.2, 0.25) is 0 Å². The molecule has 9 heteroatoms. The second-order valence-corrected chi connectivity index (χ2v) is 3.95. The summed E-state index contributed by atoms with van der Waals surface area (Å²) >= 11 is 0. The van der Waals surface area contributed by atoms with Gasteiger partial charge >= 0.3 is 5.97 Å². The Bertz CT molecular complexity index is 334. The van der Waals surface area contributed by atoms with E-state index in [2.05, 4.69) is 10.1 Å². The van der Waals surface area contributed by atoms with Crippen LogP contribution in [0.5, 0.6) is 0 Å². The van der Waals surface area contributed by atoms with Gasteiger partial charge < -0.3 is 30.5 Å². The third-order valence-electron chi connectivity index (χ3n) is 2.42. The summed E-state index contributed by atoms with van der Waals surface area (Å²) < 4.78 is 4.55. The summed E-state index contributed by atoms with van der Waals surface area (Å²) in [5.41, 5.74) is 0. The quantitative estimate of drug-likeness (QED) is 0.219. The average molecular weight is 293 g/mol. The van der Waals surface area contributed by atoms with E-state index < -0.39 is 49.4 Å². The zero-order chi connectivity index (χ0) is 15.7. The number of ether oxygens (including phenoxy) is 1. The first-order valence-corrected chi connectivity index (χ1v) is 5.93. The molecule has 0 heterocycles. The van der Waals surface area contributed by atoms with Crippen LogP contribution in [0.4, 0.5) is 0 Å². The first-order chi connectivity index (χ1) is 9.37. The van der Waals surface area contributed by atoms with E-state index in [-0.39, 0.29) is 12.7 Å². The van der Waals surface area contributed by atoms with E-state index >= 15 is 0 Å². The molecule has 0 aromatic heterocycles. The van der Waals surface area contributed by atoms with E-state index in [9.17, 15) is 24.6 Å². The van der Waals surface area contributed by atoms with Gasteiger partial charge in [0.1, 0.15) is 24.9 Å². The normalized spacial score (nSPS) is 16.6. The van der Waals surface area contributed by atoms with Crippen LogP contribution in [-0.2, 0) is 19.1 Å². The molecule has 0 aromatic rings. The Morgan fingerprint density at radius 2 is 1.85 bits per heavy atom. The lowest BCUT2D eigenvalue weighted by Gasteiger charge is -2.25. The van der Waals surface area contributed by atoms with Gasteiger partial charge in [0.25, 0.3) is 0 Å². The summed E-state index contributed by atoms with van der Waals surface area (Å²) in [7, 11) is 0. The molecule has 0 radical (unpaired) electrons. The Hall–Kier alpha value is -1.55. The molecule has 0 aliphatic carbocycles. The molecule has 1 amide bonds. The second-order valence-electron chi connectivity index (χ2n) is 3.95. The van der Waals surface area contributed by atoms with Gasteiger partial charge in [0.2, 0.25) is 5.91 Å². The molecular formula is C11H19NO8. The smallest absolute Gasteiger partial charge is 0.326 e. The fourth-order valence-corrected chi connectivity index (χ4v) is 1.20. The fraction of sp³-hybridized carbons (Fsp3) is 0.727. The number of nitrogens with one attached hydrogen (secondary N) is 1. The van der Waals surface area contributed by atoms with Crippen LogP contribution < -0.4 is 5.32 Å². The summed E-state index contributed by atoms with van der Waals surface area (Å²) in [5, 5.41) is 38.8. The molecule has 4 atom stereocenters. The van der Waals surface area contributed by atoms with Crippen LogP contribution in [0.25, 0.3) is 0 Å². The number of esters is 1. The van der Waals surface area contributed by atoms with Crippen molar-refractivity contribution in [2.45, 2.75) is 37.8 Å². The van der Waals surface area contributed by atoms with Crippen molar-refractivity contribution < 1.29 is 39.5 Å². The first kappa shape index (κ1) is 18.4. The van der Waals surface area contributed by atoms with E-state index in [1.54, 1.807) is 6.92 Å². The van der Waals surface area contributed by atoms with E-state index in [1.165, 1.54) is 0 Å². The molecule has 20 heavy (non-hydrogen) atoms. The van der Waals surface area contributed by atoms with Gasteiger partial charge in [-0.05, 0) is 0 Å². The van der Waals surface area contributed by atoms with Gasteiger partial charge in [0.15, 0.2) is 12.4 Å². The van der Waals surface area contributed by atoms with E-state index in [1.807, 2.05) is 0 Å². The highest BCUT2D eigenvalue weighted by Crippen LogP contribution is 2.07. The molecule has 0 aliphatic heterocycles. The Labute approximate surface area is 115 Å². The Kier molecular flexibility index (Phi) is 8.64. The van der Waals surface area contributed by atoms with Gasteiger partial charge in [-0.1, -0.05) is 6.92 Å². The number of hydrogen-bond acceptors (Lipinski definition) is 8. The van der Waals surface area contributed by atoms with Crippen LogP contribution in [0.3, 0.4) is 0 Å². The minimum atomic E-state index is -1.90. The molecule has 9 nitrogen and oxygen atoms in total. The molecular weight excluding hydrogens is 274 g/mol. The Balaban J connectivity index is 4.42. The molecule has 0 unspecified atom stereocenters. The Morgan fingerprint density at radius 3 is 2.30 bits per heavy atom. The molecule has 0 bridgehead atoms. The maximum Gasteiger partial charge on any atom is 0.326 e. The maximum absolute atomic E-state index is 11.3. The number of carbonyl (C=O) groups excluding carboxylic acids is 3. The summed E-state index contributed by atoms with van der Waals surface area (Å²) in [6.07, 6.45) is -6.96. The van der Waals surface area contributed by atoms with Gasteiger partial charge in [-0.3, -0.25) is 14.4 Å². The largest absolute Gasteiger partial charge is 0.450 e. The molecule has 0 aromatic carbocycles. The zero-order valence-electron chi connectivity index (χ0n) is 10.9. The maximum atomic E-state index is 11.3. The molecule has 0 spiro atoms. The van der Waals surface area contributed by atoms with Crippen molar-refractivity contribution in [1.29, 1.82) is 0 Å². The lowest BCUT2D eigenvalue weighted by Crippen LogP contribution is -2.48. The van der Waals surface area contributed by atoms with Gasteiger partial charge in [0, 0.05) is 6.42 Å². The summed E-state index contributed by atoms with van der Waals surface area (Å²) in [5.74, 6) is -1.39. The van der Waals surface area contributed by atoms with E-state index in [0.29, 0.717) is 0 Å². The molecule has 116 valence electrons. The predicted octanol–water partition coefficient (Wildman–Crippen LogP) is -3.30. The first-order valence-electron chi connectivity index (χ1n) is 5.93. The lowest BCUT2D eigenvalue weighted by atomic mass is 10.0. The van der Waals surface area contributed by atoms with E-state index in [4.69, 9.17) is 10.2 Å². The van der Waals surface area contributed by atoms with E-state index in [0.717, 1.165) is 0 Å². The molecule has 0 fully saturated rings. The number of aliphatic hydroxyl groups is 4. The van der Waals surface area contributed by atoms with Crippen molar-refractivity contribution in [1.82, 2.24) is 5.32 Å². The number of rotatable bonds is 9. The lowest BCUT2D eigenvalue weighted by molar-refractivity contribution is -0.167. The van der Waals surface area contributed by atoms with Crippen molar-refractivity contribution in [3.05, 3.63) is 0 Å². The number of aldehydes is 1. The molecule has 0 saturated heterocycles. The highest BCUT2D eigenvalue weighted by atomic mass is 16.6. The topological polar surface area (TPSA) is 153 Å². The third-order valence-corrected chi connectivity index (χ3v) is 2.42. The zero-order valence-corrected chi connectivity index (χ0v) is 10.9. The molecule has 0 aliphatic rings. The summed E-state index contributed by atoms with van der Waals surface area (Å²) in [6.45, 7) is 0.234. The second kappa shape index (κ2) is 9.37. The van der Waals surface area contributed by atoms with Crippen LogP contribution in [0.15, 0.2) is 0 Å². The minimum absolute atomic E-state index is 0.0670. The fourth-order valence-electron chi connectivity index (χ4n) is 1.20. The minimum Gasteiger partial charge on any atom is -0.450 e.